The van der Waals surface area contributed by atoms with Gasteiger partial charge in [-0.3, -0.25) is 4.79 Å². The minimum absolute atomic E-state index is 0.0152. The topological polar surface area (TPSA) is 55.8 Å². The van der Waals surface area contributed by atoms with Crippen LogP contribution in [0.1, 0.15) is 23.1 Å². The van der Waals surface area contributed by atoms with E-state index >= 15 is 0 Å². The molecule has 5 nitrogen and oxygen atoms in total. The van der Waals surface area contributed by atoms with Crippen LogP contribution in [-0.2, 0) is 33.7 Å². The molecule has 3 atom stereocenters. The second-order valence-corrected chi connectivity index (χ2v) is 8.82. The van der Waals surface area contributed by atoms with Crippen LogP contribution in [0.5, 0.6) is 5.75 Å². The third-order valence-electron chi connectivity index (χ3n) is 6.90. The van der Waals surface area contributed by atoms with Crippen molar-refractivity contribution in [2.45, 2.75) is 37.5 Å². The fourth-order valence-corrected chi connectivity index (χ4v) is 5.18. The van der Waals surface area contributed by atoms with Gasteiger partial charge in [0.25, 0.3) is 0 Å². The molecule has 0 N–H and O–H groups in total. The summed E-state index contributed by atoms with van der Waals surface area (Å²) in [5, 5.41) is 0. The Hall–Kier alpha value is -3.60. The van der Waals surface area contributed by atoms with Crippen molar-refractivity contribution >= 4 is 11.9 Å². The van der Waals surface area contributed by atoms with Crippen molar-refractivity contribution in [1.29, 1.82) is 0 Å². The van der Waals surface area contributed by atoms with Gasteiger partial charge in [0.15, 0.2) is 11.6 Å². The van der Waals surface area contributed by atoms with Crippen molar-refractivity contribution in [3.05, 3.63) is 102 Å². The third-order valence-corrected chi connectivity index (χ3v) is 6.90. The number of aryl methyl sites for hydroxylation is 1. The van der Waals surface area contributed by atoms with Crippen LogP contribution in [0.2, 0.25) is 0 Å². The van der Waals surface area contributed by atoms with Crippen LogP contribution in [0.4, 0.5) is 0 Å². The molecule has 168 valence electrons. The number of likely N-dealkylation sites (tertiary alicyclic amines) is 1. The number of methoxy groups -OCH3 is 1. The van der Waals surface area contributed by atoms with Crippen LogP contribution in [-0.4, -0.2) is 35.5 Å². The summed E-state index contributed by atoms with van der Waals surface area (Å²) in [5.74, 6) is 0.0392. The smallest absolute Gasteiger partial charge is 0.333 e. The van der Waals surface area contributed by atoms with Crippen LogP contribution in [0.25, 0.3) is 0 Å². The highest BCUT2D eigenvalue weighted by Gasteiger charge is 2.71. The van der Waals surface area contributed by atoms with Crippen molar-refractivity contribution < 1.29 is 19.1 Å². The Morgan fingerprint density at radius 1 is 0.848 bits per heavy atom. The molecule has 2 saturated heterocycles. The van der Waals surface area contributed by atoms with E-state index < -0.39 is 17.6 Å². The highest BCUT2D eigenvalue weighted by molar-refractivity contribution is 5.97. The fourth-order valence-electron chi connectivity index (χ4n) is 5.18. The molecule has 33 heavy (non-hydrogen) atoms. The van der Waals surface area contributed by atoms with E-state index in [9.17, 15) is 9.59 Å². The molecule has 0 aliphatic carbocycles. The lowest BCUT2D eigenvalue weighted by molar-refractivity contribution is -0.212. The van der Waals surface area contributed by atoms with Gasteiger partial charge in [-0.05, 0) is 48.1 Å². The first-order chi connectivity index (χ1) is 16.1. The van der Waals surface area contributed by atoms with Gasteiger partial charge in [-0.2, -0.15) is 0 Å². The molecule has 3 aromatic carbocycles. The molecular weight excluding hydrogens is 414 g/mol. The summed E-state index contributed by atoms with van der Waals surface area (Å²) >= 11 is 0. The molecule has 0 aromatic heterocycles. The first kappa shape index (κ1) is 21.3. The molecule has 5 rings (SSSR count). The first-order valence-corrected chi connectivity index (χ1v) is 11.3. The largest absolute Gasteiger partial charge is 0.497 e. The number of ether oxygens (including phenoxy) is 2. The standard InChI is InChI=1S/C28H27NO4/c1-32-23-14-12-22(13-15-23)19-29-25-27(31)33-28(25,17-16-20-8-4-2-5-9-20)24(26(29)30)18-21-10-6-3-7-11-21/h2-15,24-25H,16-19H2,1H3/t24-,25?,28?/m0/s1. The second-order valence-electron chi connectivity index (χ2n) is 8.82. The number of nitrogens with zero attached hydrogens (tertiary/aromatic N) is 1. The van der Waals surface area contributed by atoms with Gasteiger partial charge in [-0.1, -0.05) is 72.8 Å². The highest BCUT2D eigenvalue weighted by atomic mass is 16.6. The van der Waals surface area contributed by atoms with Crippen molar-refractivity contribution in [2.75, 3.05) is 7.11 Å². The molecule has 0 radical (unpaired) electrons. The Balaban J connectivity index is 1.45. The summed E-state index contributed by atoms with van der Waals surface area (Å²) in [5.41, 5.74) is 2.41. The highest BCUT2D eigenvalue weighted by Crippen LogP contribution is 2.50. The summed E-state index contributed by atoms with van der Waals surface area (Å²) in [6.45, 7) is 0.376. The fraction of sp³-hybridized carbons (Fsp3) is 0.286. The van der Waals surface area contributed by atoms with Gasteiger partial charge in [-0.15, -0.1) is 0 Å². The van der Waals surface area contributed by atoms with Crippen molar-refractivity contribution in [3.63, 3.8) is 0 Å². The van der Waals surface area contributed by atoms with Crippen LogP contribution < -0.4 is 4.74 Å². The molecular formula is C28H27NO4. The van der Waals surface area contributed by atoms with E-state index in [2.05, 4.69) is 12.1 Å². The number of fused-ring (bicyclic) bond motifs is 1. The molecule has 3 aromatic rings. The maximum atomic E-state index is 13.7. The van der Waals surface area contributed by atoms with Crippen LogP contribution in [0, 0.1) is 5.92 Å². The zero-order chi connectivity index (χ0) is 22.8. The maximum Gasteiger partial charge on any atom is 0.333 e. The molecule has 0 bridgehead atoms. The molecule has 2 aliphatic heterocycles. The van der Waals surface area contributed by atoms with Gasteiger partial charge in [-0.25, -0.2) is 4.79 Å². The molecule has 5 heteroatoms. The summed E-state index contributed by atoms with van der Waals surface area (Å²) in [6, 6.07) is 27.2. The van der Waals surface area contributed by atoms with Crippen molar-refractivity contribution in [2.24, 2.45) is 5.92 Å². The molecule has 2 heterocycles. The third kappa shape index (κ3) is 3.88. The van der Waals surface area contributed by atoms with E-state index in [1.165, 1.54) is 5.56 Å². The van der Waals surface area contributed by atoms with E-state index in [1.807, 2.05) is 72.8 Å². The van der Waals surface area contributed by atoms with Crippen molar-refractivity contribution in [1.82, 2.24) is 4.90 Å². The maximum absolute atomic E-state index is 13.7. The van der Waals surface area contributed by atoms with Gasteiger partial charge < -0.3 is 14.4 Å². The quantitative estimate of drug-likeness (QED) is 0.492. The number of carbonyl (C=O) groups excluding carboxylic acids is 2. The summed E-state index contributed by atoms with van der Waals surface area (Å²) in [6.07, 6.45) is 1.92. The Morgan fingerprint density at radius 2 is 1.48 bits per heavy atom. The number of esters is 1. The van der Waals surface area contributed by atoms with Gasteiger partial charge >= 0.3 is 5.97 Å². The minimum Gasteiger partial charge on any atom is -0.497 e. The number of hydrogen-bond acceptors (Lipinski definition) is 4. The number of rotatable bonds is 8. The SMILES string of the molecule is COc1ccc(CN2C(=O)[C@H](Cc3ccccc3)C3(CCc4ccccc4)OC(=O)C23)cc1. The molecule has 2 aliphatic rings. The summed E-state index contributed by atoms with van der Waals surface area (Å²) in [4.78, 5) is 28.2. The molecule has 1 amide bonds. The second kappa shape index (κ2) is 8.74. The van der Waals surface area contributed by atoms with Gasteiger partial charge in [0.05, 0.1) is 13.0 Å². The summed E-state index contributed by atoms with van der Waals surface area (Å²) < 4.78 is 11.2. The molecule has 2 fully saturated rings. The first-order valence-electron chi connectivity index (χ1n) is 11.3. The number of benzene rings is 3. The average molecular weight is 442 g/mol. The Kier molecular flexibility index (Phi) is 5.63. The predicted molar refractivity (Wildman–Crippen MR) is 125 cm³/mol. The normalized spacial score (nSPS) is 23.6. The van der Waals surface area contributed by atoms with E-state index in [0.29, 0.717) is 19.4 Å². The minimum atomic E-state index is -0.799. The van der Waals surface area contributed by atoms with Gasteiger partial charge in [0.2, 0.25) is 5.91 Å². The van der Waals surface area contributed by atoms with Crippen LogP contribution in [0.15, 0.2) is 84.9 Å². The van der Waals surface area contributed by atoms with E-state index in [0.717, 1.165) is 23.3 Å². The van der Waals surface area contributed by atoms with E-state index in [-0.39, 0.29) is 11.9 Å². The van der Waals surface area contributed by atoms with E-state index in [1.54, 1.807) is 12.0 Å². The Morgan fingerprint density at radius 3 is 2.09 bits per heavy atom. The van der Waals surface area contributed by atoms with Crippen LogP contribution in [0.3, 0.4) is 0 Å². The molecule has 0 spiro atoms. The Bertz CT molecular complexity index is 1130. The zero-order valence-corrected chi connectivity index (χ0v) is 18.6. The van der Waals surface area contributed by atoms with Gasteiger partial charge in [0, 0.05) is 6.54 Å². The van der Waals surface area contributed by atoms with Crippen LogP contribution >= 0.6 is 0 Å². The number of hydrogen-bond donors (Lipinski definition) is 0. The lowest BCUT2D eigenvalue weighted by Gasteiger charge is -2.47. The summed E-state index contributed by atoms with van der Waals surface area (Å²) in [7, 11) is 1.62. The zero-order valence-electron chi connectivity index (χ0n) is 18.6. The molecule has 0 saturated carbocycles. The van der Waals surface area contributed by atoms with Gasteiger partial charge in [0.1, 0.15) is 5.75 Å². The van der Waals surface area contributed by atoms with Crippen molar-refractivity contribution in [3.8, 4) is 5.75 Å². The number of amides is 1. The average Bonchev–Trinajstić information content (AvgIpc) is 3.02. The Labute approximate surface area is 193 Å². The molecule has 2 unspecified atom stereocenters. The number of carbonyl (C=O) groups is 2. The van der Waals surface area contributed by atoms with E-state index in [4.69, 9.17) is 9.47 Å². The lowest BCUT2D eigenvalue weighted by atomic mass is 9.74. The lowest BCUT2D eigenvalue weighted by Crippen LogP contribution is -2.65. The predicted octanol–water partition coefficient (Wildman–Crippen LogP) is 4.19. The monoisotopic (exact) mass is 441 g/mol.